The van der Waals surface area contributed by atoms with Crippen molar-refractivity contribution in [3.8, 4) is 0 Å². The van der Waals surface area contributed by atoms with E-state index < -0.39 is 15.9 Å². The fraction of sp³-hybridized carbons (Fsp3) is 0.963. The zero-order valence-corrected chi connectivity index (χ0v) is 22.3. The van der Waals surface area contributed by atoms with Crippen LogP contribution in [0.2, 0.25) is 0 Å². The van der Waals surface area contributed by atoms with Crippen LogP contribution >= 0.6 is 0 Å². The number of hydrogen-bond acceptors (Lipinski definition) is 4. The number of aliphatic hydroxyl groups is 1. The quantitative estimate of drug-likeness (QED) is 0.551. The van der Waals surface area contributed by atoms with Crippen molar-refractivity contribution >= 4 is 15.9 Å². The van der Waals surface area contributed by atoms with E-state index in [1.54, 1.807) is 0 Å². The standard InChI is InChI=1S/C27H47NO4S/c1-6-18-20-9-7-8-15-26(20,3)22-14-16-27(4)19(11-12-21(27)24(22)25(18)30)17(2)10-13-23(29)28-33(5,31)32/h17-22,24-25,30H,6-16H2,1-5H3,(H,28,29)/t17-,18+,19+,20-,21?,22?,24-,25+,26-,27+/m0/s1. The van der Waals surface area contributed by atoms with Crippen LogP contribution in [0.4, 0.5) is 0 Å². The summed E-state index contributed by atoms with van der Waals surface area (Å²) < 4.78 is 24.9. The number of hydrogen-bond donors (Lipinski definition) is 2. The maximum Gasteiger partial charge on any atom is 0.233 e. The summed E-state index contributed by atoms with van der Waals surface area (Å²) in [7, 11) is -3.49. The van der Waals surface area contributed by atoms with Crippen LogP contribution in [0.3, 0.4) is 0 Å². The second kappa shape index (κ2) is 9.11. The molecule has 0 aromatic heterocycles. The molecule has 0 spiro atoms. The number of amides is 1. The molecule has 0 bridgehead atoms. The van der Waals surface area contributed by atoms with Crippen LogP contribution in [0, 0.1) is 52.3 Å². The Kier molecular flexibility index (Phi) is 7.03. The molecule has 4 saturated carbocycles. The predicted octanol–water partition coefficient (Wildman–Crippen LogP) is 5.13. The van der Waals surface area contributed by atoms with E-state index in [9.17, 15) is 18.3 Å². The van der Waals surface area contributed by atoms with Crippen molar-refractivity contribution in [1.29, 1.82) is 0 Å². The molecule has 0 heterocycles. The van der Waals surface area contributed by atoms with Crippen LogP contribution in [0.5, 0.6) is 0 Å². The molecule has 6 heteroatoms. The fourth-order valence-corrected chi connectivity index (χ4v) is 10.3. The highest BCUT2D eigenvalue weighted by Crippen LogP contribution is 2.69. The van der Waals surface area contributed by atoms with Gasteiger partial charge in [0.15, 0.2) is 0 Å². The molecule has 4 aliphatic rings. The topological polar surface area (TPSA) is 83.5 Å². The zero-order valence-electron chi connectivity index (χ0n) is 21.5. The van der Waals surface area contributed by atoms with Gasteiger partial charge in [-0.05, 0) is 97.2 Å². The smallest absolute Gasteiger partial charge is 0.233 e. The summed E-state index contributed by atoms with van der Waals surface area (Å²) in [5.74, 6) is 3.28. The Labute approximate surface area is 201 Å². The van der Waals surface area contributed by atoms with Gasteiger partial charge < -0.3 is 5.11 Å². The third-order valence-electron chi connectivity index (χ3n) is 11.2. The molecular weight excluding hydrogens is 434 g/mol. The van der Waals surface area contributed by atoms with Crippen molar-refractivity contribution in [2.45, 2.75) is 104 Å². The molecule has 1 amide bonds. The van der Waals surface area contributed by atoms with Crippen molar-refractivity contribution in [1.82, 2.24) is 4.72 Å². The lowest BCUT2D eigenvalue weighted by Crippen LogP contribution is -2.61. The molecule has 5 nitrogen and oxygen atoms in total. The average molecular weight is 482 g/mol. The minimum Gasteiger partial charge on any atom is -0.393 e. The van der Waals surface area contributed by atoms with Gasteiger partial charge in [0.05, 0.1) is 12.4 Å². The lowest BCUT2D eigenvalue weighted by Gasteiger charge is -2.64. The first kappa shape index (κ1) is 25.5. The molecular formula is C27H47NO4S. The lowest BCUT2D eigenvalue weighted by atomic mass is 9.41. The molecule has 2 N–H and O–H groups in total. The van der Waals surface area contributed by atoms with Gasteiger partial charge in [-0.15, -0.1) is 0 Å². The summed E-state index contributed by atoms with van der Waals surface area (Å²) in [4.78, 5) is 12.1. The molecule has 0 aromatic rings. The number of carbonyl (C=O) groups is 1. The van der Waals surface area contributed by atoms with Crippen molar-refractivity contribution in [3.63, 3.8) is 0 Å². The maximum atomic E-state index is 12.1. The van der Waals surface area contributed by atoms with Crippen LogP contribution in [0.1, 0.15) is 98.3 Å². The zero-order chi connectivity index (χ0) is 24.2. The fourth-order valence-electron chi connectivity index (χ4n) is 9.83. The lowest BCUT2D eigenvalue weighted by molar-refractivity contribution is -0.194. The first-order chi connectivity index (χ1) is 15.4. The highest BCUT2D eigenvalue weighted by molar-refractivity contribution is 7.89. The van der Waals surface area contributed by atoms with E-state index in [2.05, 4.69) is 32.4 Å². The van der Waals surface area contributed by atoms with Gasteiger partial charge in [0.1, 0.15) is 0 Å². The Morgan fingerprint density at radius 1 is 1.03 bits per heavy atom. The summed E-state index contributed by atoms with van der Waals surface area (Å²) in [5.41, 5.74) is 0.600. The first-order valence-electron chi connectivity index (χ1n) is 13.6. The molecule has 33 heavy (non-hydrogen) atoms. The molecule has 190 valence electrons. The van der Waals surface area contributed by atoms with Gasteiger partial charge in [0.25, 0.3) is 0 Å². The third kappa shape index (κ3) is 4.41. The van der Waals surface area contributed by atoms with Crippen LogP contribution in [-0.4, -0.2) is 31.8 Å². The van der Waals surface area contributed by atoms with Crippen LogP contribution in [0.25, 0.3) is 0 Å². The second-order valence-electron chi connectivity index (χ2n) is 12.8. The predicted molar refractivity (Wildman–Crippen MR) is 132 cm³/mol. The largest absolute Gasteiger partial charge is 0.393 e. The molecule has 0 radical (unpaired) electrons. The highest BCUT2D eigenvalue weighted by Gasteiger charge is 2.64. The van der Waals surface area contributed by atoms with Gasteiger partial charge in [-0.1, -0.05) is 47.0 Å². The minimum absolute atomic E-state index is 0.171. The Hall–Kier alpha value is -0.620. The molecule has 2 unspecified atom stereocenters. The maximum absolute atomic E-state index is 12.1. The van der Waals surface area contributed by atoms with Crippen LogP contribution in [-0.2, 0) is 14.8 Å². The van der Waals surface area contributed by atoms with Gasteiger partial charge in [0.2, 0.25) is 15.9 Å². The number of nitrogens with one attached hydrogen (secondary N) is 1. The number of rotatable bonds is 6. The van der Waals surface area contributed by atoms with E-state index in [0.29, 0.717) is 46.8 Å². The van der Waals surface area contributed by atoms with Gasteiger partial charge in [0, 0.05) is 6.42 Å². The normalized spacial score (nSPS) is 46.1. The van der Waals surface area contributed by atoms with E-state index in [0.717, 1.165) is 19.1 Å². The minimum atomic E-state index is -3.49. The Balaban J connectivity index is 1.52. The van der Waals surface area contributed by atoms with Gasteiger partial charge >= 0.3 is 0 Å². The molecule has 4 aliphatic carbocycles. The summed E-state index contributed by atoms with van der Waals surface area (Å²) in [6, 6.07) is 0. The first-order valence-corrected chi connectivity index (χ1v) is 15.5. The van der Waals surface area contributed by atoms with E-state index in [1.165, 1.54) is 51.4 Å². The Bertz CT molecular complexity index is 843. The molecule has 0 aromatic carbocycles. The molecule has 4 rings (SSSR count). The number of sulfonamides is 1. The van der Waals surface area contributed by atoms with E-state index in [1.807, 2.05) is 0 Å². The SMILES string of the molecule is CC[C@H]1[C@@H](O)[C@H]2C3CC[C@H]([C@@H](C)CCC(=O)NS(C)(=O)=O)[C@@]3(C)CCC2[C@@]2(C)CCCC[C@@H]12. The summed E-state index contributed by atoms with van der Waals surface area (Å²) in [6.45, 7) is 9.58. The van der Waals surface area contributed by atoms with Crippen molar-refractivity contribution in [2.24, 2.45) is 52.3 Å². The van der Waals surface area contributed by atoms with Crippen LogP contribution < -0.4 is 4.72 Å². The summed E-state index contributed by atoms with van der Waals surface area (Å²) >= 11 is 0. The molecule has 10 atom stereocenters. The van der Waals surface area contributed by atoms with Crippen LogP contribution in [0.15, 0.2) is 0 Å². The van der Waals surface area contributed by atoms with Gasteiger partial charge in [-0.2, -0.15) is 0 Å². The van der Waals surface area contributed by atoms with Gasteiger partial charge in [-0.25, -0.2) is 8.42 Å². The van der Waals surface area contributed by atoms with Crippen molar-refractivity contribution in [3.05, 3.63) is 0 Å². The third-order valence-corrected chi connectivity index (χ3v) is 11.8. The van der Waals surface area contributed by atoms with Crippen molar-refractivity contribution in [2.75, 3.05) is 6.26 Å². The Morgan fingerprint density at radius 2 is 1.73 bits per heavy atom. The molecule has 4 fully saturated rings. The average Bonchev–Trinajstić information content (AvgIpc) is 3.08. The second-order valence-corrected chi connectivity index (χ2v) is 14.5. The molecule has 0 aliphatic heterocycles. The number of fused-ring (bicyclic) bond motifs is 5. The van der Waals surface area contributed by atoms with E-state index in [-0.39, 0.29) is 17.9 Å². The summed E-state index contributed by atoms with van der Waals surface area (Å²) in [5, 5.41) is 11.8. The van der Waals surface area contributed by atoms with E-state index >= 15 is 0 Å². The molecule has 0 saturated heterocycles. The Morgan fingerprint density at radius 3 is 2.39 bits per heavy atom. The van der Waals surface area contributed by atoms with E-state index in [4.69, 9.17) is 0 Å². The number of carbonyl (C=O) groups excluding carboxylic acids is 1. The van der Waals surface area contributed by atoms with Gasteiger partial charge in [-0.3, -0.25) is 9.52 Å². The van der Waals surface area contributed by atoms with Crippen molar-refractivity contribution < 1.29 is 18.3 Å². The highest BCUT2D eigenvalue weighted by atomic mass is 32.2. The monoisotopic (exact) mass is 481 g/mol. The number of aliphatic hydroxyl groups excluding tert-OH is 1. The summed E-state index contributed by atoms with van der Waals surface area (Å²) in [6.07, 6.45) is 13.1.